The number of nitrogen functional groups attached to an aromatic ring is 1. The standard InChI is InChI=1S/C9H12N2O/c1-2-4-8(12)7-5-3-6-11-9(7)10/h3,5-6H,2,4H2,1H3,(H2,10,11). The van der Waals surface area contributed by atoms with Gasteiger partial charge in [0, 0.05) is 12.6 Å². The molecule has 0 unspecified atom stereocenters. The van der Waals surface area contributed by atoms with Crippen LogP contribution in [0.3, 0.4) is 0 Å². The molecule has 12 heavy (non-hydrogen) atoms. The van der Waals surface area contributed by atoms with Crippen molar-refractivity contribution in [2.45, 2.75) is 19.8 Å². The summed E-state index contributed by atoms with van der Waals surface area (Å²) < 4.78 is 0. The number of nitrogens with zero attached hydrogens (tertiary/aromatic N) is 1. The first-order valence-electron chi connectivity index (χ1n) is 3.99. The van der Waals surface area contributed by atoms with E-state index in [2.05, 4.69) is 4.98 Å². The molecule has 1 aromatic heterocycles. The maximum atomic E-state index is 11.3. The van der Waals surface area contributed by atoms with E-state index in [9.17, 15) is 4.79 Å². The Kier molecular flexibility index (Phi) is 2.80. The zero-order chi connectivity index (χ0) is 8.97. The summed E-state index contributed by atoms with van der Waals surface area (Å²) in [5.41, 5.74) is 6.06. The molecule has 0 aliphatic rings. The van der Waals surface area contributed by atoms with E-state index in [1.807, 2.05) is 6.92 Å². The molecule has 0 radical (unpaired) electrons. The summed E-state index contributed by atoms with van der Waals surface area (Å²) in [5, 5.41) is 0. The first-order valence-corrected chi connectivity index (χ1v) is 3.99. The third-order valence-electron chi connectivity index (χ3n) is 1.62. The molecule has 0 saturated carbocycles. The number of carbonyl (C=O) groups is 1. The maximum Gasteiger partial charge on any atom is 0.166 e. The van der Waals surface area contributed by atoms with Crippen LogP contribution in [0.5, 0.6) is 0 Å². The Balaban J connectivity index is 2.87. The molecule has 3 nitrogen and oxygen atoms in total. The molecule has 2 N–H and O–H groups in total. The zero-order valence-electron chi connectivity index (χ0n) is 7.08. The van der Waals surface area contributed by atoms with Crippen molar-refractivity contribution in [3.63, 3.8) is 0 Å². The Bertz CT molecular complexity index is 284. The quantitative estimate of drug-likeness (QED) is 0.691. The van der Waals surface area contributed by atoms with Crippen molar-refractivity contribution in [2.24, 2.45) is 0 Å². The lowest BCUT2D eigenvalue weighted by atomic mass is 10.1. The molecule has 0 bridgehead atoms. The molecule has 0 aromatic carbocycles. The van der Waals surface area contributed by atoms with Gasteiger partial charge in [-0.3, -0.25) is 4.79 Å². The van der Waals surface area contributed by atoms with Gasteiger partial charge in [0.1, 0.15) is 5.82 Å². The van der Waals surface area contributed by atoms with Crippen LogP contribution in [0.4, 0.5) is 5.82 Å². The lowest BCUT2D eigenvalue weighted by Gasteiger charge is -2.00. The lowest BCUT2D eigenvalue weighted by molar-refractivity contribution is 0.0982. The van der Waals surface area contributed by atoms with Crippen molar-refractivity contribution in [3.05, 3.63) is 23.9 Å². The van der Waals surface area contributed by atoms with Gasteiger partial charge >= 0.3 is 0 Å². The molecular weight excluding hydrogens is 152 g/mol. The normalized spacial score (nSPS) is 9.75. The summed E-state index contributed by atoms with van der Waals surface area (Å²) >= 11 is 0. The molecule has 0 amide bonds. The highest BCUT2D eigenvalue weighted by Crippen LogP contribution is 2.10. The first-order chi connectivity index (χ1) is 5.75. The number of nitrogens with two attached hydrogens (primary N) is 1. The number of carbonyl (C=O) groups excluding carboxylic acids is 1. The van der Waals surface area contributed by atoms with Crippen molar-refractivity contribution in [1.82, 2.24) is 4.98 Å². The van der Waals surface area contributed by atoms with E-state index in [0.717, 1.165) is 6.42 Å². The average Bonchev–Trinajstić information content (AvgIpc) is 2.05. The molecule has 3 heteroatoms. The van der Waals surface area contributed by atoms with Gasteiger partial charge in [0.25, 0.3) is 0 Å². The van der Waals surface area contributed by atoms with Gasteiger partial charge < -0.3 is 5.73 Å². The van der Waals surface area contributed by atoms with Crippen LogP contribution >= 0.6 is 0 Å². The Morgan fingerprint density at radius 2 is 2.42 bits per heavy atom. The summed E-state index contributed by atoms with van der Waals surface area (Å²) in [4.78, 5) is 15.2. The first kappa shape index (κ1) is 8.71. The van der Waals surface area contributed by atoms with Crippen LogP contribution in [0.1, 0.15) is 30.1 Å². The minimum absolute atomic E-state index is 0.0723. The molecule has 0 atom stereocenters. The fourth-order valence-corrected chi connectivity index (χ4v) is 1.02. The van der Waals surface area contributed by atoms with E-state index in [0.29, 0.717) is 17.8 Å². The smallest absolute Gasteiger partial charge is 0.166 e. The molecule has 0 spiro atoms. The number of ketones is 1. The van der Waals surface area contributed by atoms with E-state index in [-0.39, 0.29) is 5.78 Å². The van der Waals surface area contributed by atoms with Gasteiger partial charge in [0.05, 0.1) is 5.56 Å². The fraction of sp³-hybridized carbons (Fsp3) is 0.333. The molecule has 0 saturated heterocycles. The highest BCUT2D eigenvalue weighted by atomic mass is 16.1. The second-order valence-corrected chi connectivity index (χ2v) is 2.61. The van der Waals surface area contributed by atoms with Crippen molar-refractivity contribution in [3.8, 4) is 0 Å². The molecule has 0 fully saturated rings. The Hall–Kier alpha value is -1.38. The second kappa shape index (κ2) is 3.85. The van der Waals surface area contributed by atoms with E-state index < -0.39 is 0 Å². The van der Waals surface area contributed by atoms with Crippen molar-refractivity contribution >= 4 is 11.6 Å². The minimum Gasteiger partial charge on any atom is -0.383 e. The van der Waals surface area contributed by atoms with E-state index in [4.69, 9.17) is 5.73 Å². The van der Waals surface area contributed by atoms with Gasteiger partial charge in [0.15, 0.2) is 5.78 Å². The average molecular weight is 164 g/mol. The number of Topliss-reactive ketones (excluding diaryl/α,β-unsaturated/α-hetero) is 1. The molecule has 1 heterocycles. The van der Waals surface area contributed by atoms with Crippen molar-refractivity contribution in [2.75, 3.05) is 5.73 Å². The summed E-state index contributed by atoms with van der Waals surface area (Å²) in [5.74, 6) is 0.402. The molecule has 0 aliphatic heterocycles. The topological polar surface area (TPSA) is 56.0 Å². The van der Waals surface area contributed by atoms with Gasteiger partial charge in [-0.05, 0) is 18.6 Å². The monoisotopic (exact) mass is 164 g/mol. The van der Waals surface area contributed by atoms with Gasteiger partial charge in [-0.15, -0.1) is 0 Å². The highest BCUT2D eigenvalue weighted by Gasteiger charge is 2.07. The van der Waals surface area contributed by atoms with Crippen LogP contribution in [0, 0.1) is 0 Å². The van der Waals surface area contributed by atoms with Gasteiger partial charge in [0.2, 0.25) is 0 Å². The second-order valence-electron chi connectivity index (χ2n) is 2.61. The number of hydrogen-bond acceptors (Lipinski definition) is 3. The largest absolute Gasteiger partial charge is 0.383 e. The SMILES string of the molecule is CCCC(=O)c1cccnc1N. The fourth-order valence-electron chi connectivity index (χ4n) is 1.02. The summed E-state index contributed by atoms with van der Waals surface area (Å²) in [6.07, 6.45) is 2.96. The molecule has 0 aliphatic carbocycles. The van der Waals surface area contributed by atoms with Crippen molar-refractivity contribution in [1.29, 1.82) is 0 Å². The summed E-state index contributed by atoms with van der Waals surface area (Å²) in [6.45, 7) is 1.96. The number of aromatic nitrogens is 1. The summed E-state index contributed by atoms with van der Waals surface area (Å²) in [7, 11) is 0. The predicted molar refractivity (Wildman–Crippen MR) is 47.9 cm³/mol. The minimum atomic E-state index is 0.0723. The van der Waals surface area contributed by atoms with Crippen LogP contribution in [-0.4, -0.2) is 10.8 Å². The number of pyridine rings is 1. The molecular formula is C9H12N2O. The molecule has 1 aromatic rings. The third-order valence-corrected chi connectivity index (χ3v) is 1.62. The summed E-state index contributed by atoms with van der Waals surface area (Å²) in [6, 6.07) is 3.43. The van der Waals surface area contributed by atoms with Crippen LogP contribution in [0.25, 0.3) is 0 Å². The zero-order valence-corrected chi connectivity index (χ0v) is 7.08. The van der Waals surface area contributed by atoms with Crippen LogP contribution in [-0.2, 0) is 0 Å². The van der Waals surface area contributed by atoms with Crippen LogP contribution < -0.4 is 5.73 Å². The van der Waals surface area contributed by atoms with Gasteiger partial charge in [-0.1, -0.05) is 6.92 Å². The van der Waals surface area contributed by atoms with Crippen LogP contribution in [0.15, 0.2) is 18.3 Å². The van der Waals surface area contributed by atoms with Gasteiger partial charge in [-0.25, -0.2) is 4.98 Å². The van der Waals surface area contributed by atoms with E-state index in [1.54, 1.807) is 18.3 Å². The maximum absolute atomic E-state index is 11.3. The number of rotatable bonds is 3. The Morgan fingerprint density at radius 1 is 1.67 bits per heavy atom. The molecule has 64 valence electrons. The van der Waals surface area contributed by atoms with E-state index >= 15 is 0 Å². The highest BCUT2D eigenvalue weighted by molar-refractivity contribution is 5.99. The Labute approximate surface area is 71.6 Å². The van der Waals surface area contributed by atoms with E-state index in [1.165, 1.54) is 0 Å². The lowest BCUT2D eigenvalue weighted by Crippen LogP contribution is -2.04. The third kappa shape index (κ3) is 1.81. The molecule has 1 rings (SSSR count). The van der Waals surface area contributed by atoms with Crippen molar-refractivity contribution < 1.29 is 4.79 Å². The number of hydrogen-bond donors (Lipinski definition) is 1. The number of anilines is 1. The Morgan fingerprint density at radius 3 is 3.00 bits per heavy atom. The van der Waals surface area contributed by atoms with Gasteiger partial charge in [-0.2, -0.15) is 0 Å². The predicted octanol–water partition coefficient (Wildman–Crippen LogP) is 1.65. The van der Waals surface area contributed by atoms with Crippen LogP contribution in [0.2, 0.25) is 0 Å².